The number of piperazine rings is 1. The third-order valence-corrected chi connectivity index (χ3v) is 4.09. The van der Waals surface area contributed by atoms with Crippen molar-refractivity contribution in [3.05, 3.63) is 35.5 Å². The normalized spacial score (nSPS) is 14.9. The van der Waals surface area contributed by atoms with Gasteiger partial charge in [0.25, 0.3) is 0 Å². The van der Waals surface area contributed by atoms with Crippen LogP contribution in [0.25, 0.3) is 0 Å². The molecule has 0 amide bonds. The summed E-state index contributed by atoms with van der Waals surface area (Å²) in [5.74, 6) is 1.48. The van der Waals surface area contributed by atoms with Gasteiger partial charge in [-0.1, -0.05) is 24.6 Å². The van der Waals surface area contributed by atoms with Gasteiger partial charge in [0.2, 0.25) is 5.95 Å². The first kappa shape index (κ1) is 15.8. The van der Waals surface area contributed by atoms with Crippen LogP contribution < -0.4 is 15.1 Å². The molecule has 2 heterocycles. The van der Waals surface area contributed by atoms with Gasteiger partial charge in [-0.15, -0.1) is 5.10 Å². The van der Waals surface area contributed by atoms with Crippen LogP contribution in [0.5, 0.6) is 0 Å². The maximum Gasteiger partial charge on any atom is 0.244 e. The molecule has 7 heteroatoms. The summed E-state index contributed by atoms with van der Waals surface area (Å²) in [5, 5.41) is 12.0. The highest BCUT2D eigenvalue weighted by molar-refractivity contribution is 6.30. The first-order chi connectivity index (χ1) is 11.3. The molecule has 1 aliphatic heterocycles. The third-order valence-electron chi connectivity index (χ3n) is 3.86. The Balaban J connectivity index is 1.62. The summed E-state index contributed by atoms with van der Waals surface area (Å²) >= 11 is 6.08. The zero-order chi connectivity index (χ0) is 16.1. The SMILES string of the molecule is CCCNc1nncc(N2CCN(c3cccc(Cl)c3)CC2)n1. The van der Waals surface area contributed by atoms with Crippen molar-refractivity contribution in [3.8, 4) is 0 Å². The fraction of sp³-hybridized carbons (Fsp3) is 0.438. The number of hydrogen-bond acceptors (Lipinski definition) is 6. The molecule has 0 spiro atoms. The standard InChI is InChI=1S/C16H21ClN6/c1-2-6-18-16-20-15(12-19-21-16)23-9-7-22(8-10-23)14-5-3-4-13(17)11-14/h3-5,11-12H,2,6-10H2,1H3,(H,18,20,21). The number of nitrogens with one attached hydrogen (secondary N) is 1. The van der Waals surface area contributed by atoms with E-state index in [2.05, 4.69) is 43.3 Å². The molecule has 1 N–H and O–H groups in total. The van der Waals surface area contributed by atoms with Crippen LogP contribution in [0.4, 0.5) is 17.5 Å². The van der Waals surface area contributed by atoms with Crippen molar-refractivity contribution >= 4 is 29.1 Å². The Morgan fingerprint density at radius 2 is 1.96 bits per heavy atom. The second kappa shape index (κ2) is 7.46. The van der Waals surface area contributed by atoms with Crippen molar-refractivity contribution in [2.24, 2.45) is 0 Å². The quantitative estimate of drug-likeness (QED) is 0.908. The fourth-order valence-corrected chi connectivity index (χ4v) is 2.81. The highest BCUT2D eigenvalue weighted by atomic mass is 35.5. The Labute approximate surface area is 141 Å². The van der Waals surface area contributed by atoms with Crippen molar-refractivity contribution in [2.45, 2.75) is 13.3 Å². The lowest BCUT2D eigenvalue weighted by Crippen LogP contribution is -2.47. The van der Waals surface area contributed by atoms with Crippen molar-refractivity contribution in [2.75, 3.05) is 47.8 Å². The van der Waals surface area contributed by atoms with E-state index < -0.39 is 0 Å². The van der Waals surface area contributed by atoms with Gasteiger partial charge in [0, 0.05) is 43.4 Å². The fourth-order valence-electron chi connectivity index (χ4n) is 2.63. The molecule has 1 aromatic heterocycles. The van der Waals surface area contributed by atoms with Crippen LogP contribution in [0.15, 0.2) is 30.5 Å². The second-order valence-corrected chi connectivity index (χ2v) is 5.96. The van der Waals surface area contributed by atoms with E-state index in [-0.39, 0.29) is 0 Å². The lowest BCUT2D eigenvalue weighted by molar-refractivity contribution is 0.644. The summed E-state index contributed by atoms with van der Waals surface area (Å²) in [5.41, 5.74) is 1.17. The van der Waals surface area contributed by atoms with Crippen LogP contribution in [-0.4, -0.2) is 47.9 Å². The summed E-state index contributed by atoms with van der Waals surface area (Å²) in [7, 11) is 0. The second-order valence-electron chi connectivity index (χ2n) is 5.52. The van der Waals surface area contributed by atoms with E-state index in [4.69, 9.17) is 11.6 Å². The smallest absolute Gasteiger partial charge is 0.244 e. The predicted octanol–water partition coefficient (Wildman–Crippen LogP) is 2.67. The monoisotopic (exact) mass is 332 g/mol. The maximum atomic E-state index is 6.08. The average Bonchev–Trinajstić information content (AvgIpc) is 2.60. The van der Waals surface area contributed by atoms with Gasteiger partial charge in [-0.25, -0.2) is 0 Å². The molecule has 1 fully saturated rings. The van der Waals surface area contributed by atoms with Crippen molar-refractivity contribution in [3.63, 3.8) is 0 Å². The number of halogens is 1. The minimum absolute atomic E-state index is 0.599. The van der Waals surface area contributed by atoms with Gasteiger partial charge in [-0.2, -0.15) is 10.1 Å². The van der Waals surface area contributed by atoms with Crippen molar-refractivity contribution in [1.82, 2.24) is 15.2 Å². The molecule has 1 aromatic carbocycles. The van der Waals surface area contributed by atoms with E-state index in [1.165, 1.54) is 5.69 Å². The Morgan fingerprint density at radius 1 is 1.17 bits per heavy atom. The predicted molar refractivity (Wildman–Crippen MR) is 94.5 cm³/mol. The number of anilines is 3. The number of nitrogens with zero attached hydrogens (tertiary/aromatic N) is 5. The molecule has 1 saturated heterocycles. The minimum Gasteiger partial charge on any atom is -0.368 e. The van der Waals surface area contributed by atoms with Crippen LogP contribution in [0.1, 0.15) is 13.3 Å². The van der Waals surface area contributed by atoms with Crippen LogP contribution >= 0.6 is 11.6 Å². The van der Waals surface area contributed by atoms with Gasteiger partial charge in [0.05, 0.1) is 6.20 Å². The molecule has 0 radical (unpaired) electrons. The van der Waals surface area contributed by atoms with Crippen molar-refractivity contribution < 1.29 is 0 Å². The lowest BCUT2D eigenvalue weighted by Gasteiger charge is -2.36. The van der Waals surface area contributed by atoms with Gasteiger partial charge >= 0.3 is 0 Å². The number of rotatable bonds is 5. The number of benzene rings is 1. The van der Waals surface area contributed by atoms with Crippen LogP contribution in [-0.2, 0) is 0 Å². The van der Waals surface area contributed by atoms with E-state index in [1.54, 1.807) is 6.20 Å². The molecule has 0 unspecified atom stereocenters. The molecule has 2 aromatic rings. The molecule has 0 aliphatic carbocycles. The van der Waals surface area contributed by atoms with Crippen molar-refractivity contribution in [1.29, 1.82) is 0 Å². The zero-order valence-electron chi connectivity index (χ0n) is 13.2. The largest absolute Gasteiger partial charge is 0.368 e. The van der Waals surface area contributed by atoms with Crippen LogP contribution in [0, 0.1) is 0 Å². The van der Waals surface area contributed by atoms with E-state index >= 15 is 0 Å². The van der Waals surface area contributed by atoms with Gasteiger partial charge in [0.15, 0.2) is 5.82 Å². The van der Waals surface area contributed by atoms with Crippen LogP contribution in [0.2, 0.25) is 5.02 Å². The summed E-state index contributed by atoms with van der Waals surface area (Å²) < 4.78 is 0. The summed E-state index contributed by atoms with van der Waals surface area (Å²) in [4.78, 5) is 9.13. The molecule has 0 saturated carbocycles. The Bertz CT molecular complexity index is 642. The number of aromatic nitrogens is 3. The molecule has 122 valence electrons. The summed E-state index contributed by atoms with van der Waals surface area (Å²) in [6, 6.07) is 8.00. The molecule has 0 atom stereocenters. The van der Waals surface area contributed by atoms with E-state index in [0.29, 0.717) is 5.95 Å². The third kappa shape index (κ3) is 4.01. The highest BCUT2D eigenvalue weighted by Crippen LogP contribution is 2.22. The first-order valence-corrected chi connectivity index (χ1v) is 8.33. The maximum absolute atomic E-state index is 6.08. The first-order valence-electron chi connectivity index (χ1n) is 7.95. The molecule has 3 rings (SSSR count). The van der Waals surface area contributed by atoms with E-state index in [1.807, 2.05) is 18.2 Å². The molecule has 23 heavy (non-hydrogen) atoms. The van der Waals surface area contributed by atoms with Gasteiger partial charge in [-0.3, -0.25) is 0 Å². The van der Waals surface area contributed by atoms with Crippen LogP contribution in [0.3, 0.4) is 0 Å². The Kier molecular flexibility index (Phi) is 5.12. The highest BCUT2D eigenvalue weighted by Gasteiger charge is 2.19. The summed E-state index contributed by atoms with van der Waals surface area (Å²) in [6.07, 6.45) is 2.76. The minimum atomic E-state index is 0.599. The molecule has 0 bridgehead atoms. The van der Waals surface area contributed by atoms with Gasteiger partial charge < -0.3 is 15.1 Å². The average molecular weight is 333 g/mol. The molecule has 1 aliphatic rings. The Hall–Kier alpha value is -2.08. The topological polar surface area (TPSA) is 57.2 Å². The number of hydrogen-bond donors (Lipinski definition) is 1. The lowest BCUT2D eigenvalue weighted by atomic mass is 10.2. The van der Waals surface area contributed by atoms with Gasteiger partial charge in [-0.05, 0) is 24.6 Å². The zero-order valence-corrected chi connectivity index (χ0v) is 14.0. The van der Waals surface area contributed by atoms with E-state index in [0.717, 1.165) is 50.0 Å². The molecular formula is C16H21ClN6. The summed E-state index contributed by atoms with van der Waals surface area (Å²) in [6.45, 7) is 6.63. The molecular weight excluding hydrogens is 312 g/mol. The Morgan fingerprint density at radius 3 is 2.70 bits per heavy atom. The molecule has 6 nitrogen and oxygen atoms in total. The van der Waals surface area contributed by atoms with Gasteiger partial charge in [0.1, 0.15) is 0 Å². The van der Waals surface area contributed by atoms with E-state index in [9.17, 15) is 0 Å².